The highest BCUT2D eigenvalue weighted by molar-refractivity contribution is 7.99. The first-order valence-corrected chi connectivity index (χ1v) is 11.7. The standard InChI is InChI=1S/C22H26N4OS2/c1-4-26-20(14-28-13-18-11-9-16(2)10-12-18)24-25-22(26)29-15-21(27)23-19-8-6-5-7-17(19)3/h5-12H,4,13-15H2,1-3H3,(H,23,27). The van der Waals surface area contributed by atoms with Crippen molar-refractivity contribution in [2.75, 3.05) is 11.1 Å². The highest BCUT2D eigenvalue weighted by Crippen LogP contribution is 2.22. The van der Waals surface area contributed by atoms with Crippen molar-refractivity contribution in [2.24, 2.45) is 0 Å². The molecule has 0 bridgehead atoms. The molecule has 0 saturated heterocycles. The van der Waals surface area contributed by atoms with E-state index in [4.69, 9.17) is 0 Å². The summed E-state index contributed by atoms with van der Waals surface area (Å²) in [6, 6.07) is 16.4. The number of aryl methyl sites for hydroxylation is 2. The summed E-state index contributed by atoms with van der Waals surface area (Å²) >= 11 is 3.25. The summed E-state index contributed by atoms with van der Waals surface area (Å²) in [6.07, 6.45) is 0. The number of aromatic nitrogens is 3. The molecule has 1 heterocycles. The van der Waals surface area contributed by atoms with Crippen molar-refractivity contribution in [3.05, 3.63) is 71.0 Å². The van der Waals surface area contributed by atoms with Crippen LogP contribution in [-0.2, 0) is 22.8 Å². The van der Waals surface area contributed by atoms with Gasteiger partial charge >= 0.3 is 0 Å². The molecule has 0 spiro atoms. The molecule has 0 unspecified atom stereocenters. The fourth-order valence-corrected chi connectivity index (χ4v) is 4.57. The summed E-state index contributed by atoms with van der Waals surface area (Å²) in [5, 5.41) is 12.4. The van der Waals surface area contributed by atoms with Crippen LogP contribution >= 0.6 is 23.5 Å². The van der Waals surface area contributed by atoms with Crippen molar-refractivity contribution in [3.63, 3.8) is 0 Å². The van der Waals surface area contributed by atoms with Gasteiger partial charge in [-0.05, 0) is 38.0 Å². The second kappa shape index (κ2) is 10.5. The Hall–Kier alpha value is -2.25. The molecule has 1 N–H and O–H groups in total. The number of rotatable bonds is 9. The monoisotopic (exact) mass is 426 g/mol. The number of nitrogens with one attached hydrogen (secondary N) is 1. The fourth-order valence-electron chi connectivity index (χ4n) is 2.82. The van der Waals surface area contributed by atoms with E-state index < -0.39 is 0 Å². The van der Waals surface area contributed by atoms with Crippen LogP contribution in [-0.4, -0.2) is 26.4 Å². The van der Waals surface area contributed by atoms with Crippen LogP contribution in [0.3, 0.4) is 0 Å². The van der Waals surface area contributed by atoms with E-state index in [2.05, 4.69) is 58.2 Å². The second-order valence-electron chi connectivity index (χ2n) is 6.77. The van der Waals surface area contributed by atoms with Gasteiger partial charge in [-0.15, -0.1) is 22.0 Å². The third kappa shape index (κ3) is 6.11. The maximum absolute atomic E-state index is 12.3. The van der Waals surface area contributed by atoms with Gasteiger partial charge in [-0.1, -0.05) is 59.8 Å². The first-order chi connectivity index (χ1) is 14.1. The van der Waals surface area contributed by atoms with E-state index in [0.29, 0.717) is 5.75 Å². The van der Waals surface area contributed by atoms with Crippen LogP contribution in [0.15, 0.2) is 53.7 Å². The predicted molar refractivity (Wildman–Crippen MR) is 122 cm³/mol. The molecular weight excluding hydrogens is 400 g/mol. The van der Waals surface area contributed by atoms with E-state index in [1.807, 2.05) is 43.0 Å². The van der Waals surface area contributed by atoms with Crippen LogP contribution in [0.5, 0.6) is 0 Å². The van der Waals surface area contributed by atoms with Gasteiger partial charge in [0.2, 0.25) is 5.91 Å². The molecule has 0 atom stereocenters. The largest absolute Gasteiger partial charge is 0.325 e. The van der Waals surface area contributed by atoms with E-state index >= 15 is 0 Å². The van der Waals surface area contributed by atoms with Crippen LogP contribution in [0.2, 0.25) is 0 Å². The molecule has 152 valence electrons. The lowest BCUT2D eigenvalue weighted by atomic mass is 10.2. The summed E-state index contributed by atoms with van der Waals surface area (Å²) in [6.45, 7) is 6.95. The van der Waals surface area contributed by atoms with Gasteiger partial charge in [-0.3, -0.25) is 4.79 Å². The number of benzene rings is 2. The Bertz CT molecular complexity index is 954. The number of anilines is 1. The number of carbonyl (C=O) groups is 1. The van der Waals surface area contributed by atoms with E-state index in [-0.39, 0.29) is 5.91 Å². The lowest BCUT2D eigenvalue weighted by Gasteiger charge is -2.09. The molecule has 0 aliphatic rings. The highest BCUT2D eigenvalue weighted by atomic mass is 32.2. The Balaban J connectivity index is 1.52. The van der Waals surface area contributed by atoms with Crippen LogP contribution < -0.4 is 5.32 Å². The maximum Gasteiger partial charge on any atom is 0.234 e. The van der Waals surface area contributed by atoms with Crippen LogP contribution in [0.25, 0.3) is 0 Å². The van der Waals surface area contributed by atoms with Gasteiger partial charge in [0.05, 0.1) is 11.5 Å². The molecule has 1 amide bonds. The summed E-state index contributed by atoms with van der Waals surface area (Å²) in [4.78, 5) is 12.3. The molecule has 29 heavy (non-hydrogen) atoms. The van der Waals surface area contributed by atoms with Crippen LogP contribution in [0, 0.1) is 13.8 Å². The third-order valence-corrected chi connectivity index (χ3v) is 6.45. The molecule has 5 nitrogen and oxygen atoms in total. The first kappa shape index (κ1) is 21.5. The number of para-hydroxylation sites is 1. The Labute approximate surface area is 180 Å². The summed E-state index contributed by atoms with van der Waals surface area (Å²) in [7, 11) is 0. The summed E-state index contributed by atoms with van der Waals surface area (Å²) in [5.74, 6) is 2.96. The lowest BCUT2D eigenvalue weighted by molar-refractivity contribution is -0.113. The Morgan fingerprint density at radius 3 is 2.52 bits per heavy atom. The zero-order valence-corrected chi connectivity index (χ0v) is 18.6. The third-order valence-electron chi connectivity index (χ3n) is 4.48. The average Bonchev–Trinajstić information content (AvgIpc) is 3.11. The van der Waals surface area contributed by atoms with E-state index in [1.165, 1.54) is 22.9 Å². The normalized spacial score (nSPS) is 10.9. The molecule has 0 aliphatic heterocycles. The topological polar surface area (TPSA) is 59.8 Å². The Kier molecular flexibility index (Phi) is 7.77. The van der Waals surface area contributed by atoms with Crippen LogP contribution in [0.4, 0.5) is 5.69 Å². The minimum atomic E-state index is -0.0368. The SMILES string of the molecule is CCn1c(CSCc2ccc(C)cc2)nnc1SCC(=O)Nc1ccccc1C. The van der Waals surface area contributed by atoms with Crippen molar-refractivity contribution in [1.29, 1.82) is 0 Å². The van der Waals surface area contributed by atoms with E-state index in [1.54, 1.807) is 0 Å². The highest BCUT2D eigenvalue weighted by Gasteiger charge is 2.13. The lowest BCUT2D eigenvalue weighted by Crippen LogP contribution is -2.15. The average molecular weight is 427 g/mol. The van der Waals surface area contributed by atoms with Crippen molar-refractivity contribution in [2.45, 2.75) is 44.0 Å². The number of hydrogen-bond acceptors (Lipinski definition) is 5. The van der Waals surface area contributed by atoms with Gasteiger partial charge < -0.3 is 9.88 Å². The first-order valence-electron chi connectivity index (χ1n) is 9.60. The zero-order valence-electron chi connectivity index (χ0n) is 17.0. The number of nitrogens with zero attached hydrogens (tertiary/aromatic N) is 3. The number of thioether (sulfide) groups is 2. The molecule has 0 saturated carbocycles. The quantitative estimate of drug-likeness (QED) is 0.484. The smallest absolute Gasteiger partial charge is 0.234 e. The van der Waals surface area contributed by atoms with Gasteiger partial charge in [0.1, 0.15) is 5.82 Å². The minimum Gasteiger partial charge on any atom is -0.325 e. The van der Waals surface area contributed by atoms with Crippen molar-refractivity contribution < 1.29 is 4.79 Å². The van der Waals surface area contributed by atoms with Gasteiger partial charge in [0.15, 0.2) is 5.16 Å². The zero-order chi connectivity index (χ0) is 20.6. The van der Waals surface area contributed by atoms with E-state index in [0.717, 1.165) is 40.3 Å². The molecule has 0 radical (unpaired) electrons. The van der Waals surface area contributed by atoms with Gasteiger partial charge in [0, 0.05) is 18.0 Å². The molecule has 2 aromatic carbocycles. The van der Waals surface area contributed by atoms with Gasteiger partial charge in [0.25, 0.3) is 0 Å². The molecule has 3 rings (SSSR count). The van der Waals surface area contributed by atoms with Crippen molar-refractivity contribution >= 4 is 35.1 Å². The molecule has 3 aromatic rings. The van der Waals surface area contributed by atoms with Crippen LogP contribution in [0.1, 0.15) is 29.4 Å². The minimum absolute atomic E-state index is 0.0368. The van der Waals surface area contributed by atoms with Gasteiger partial charge in [-0.2, -0.15) is 0 Å². The van der Waals surface area contributed by atoms with E-state index in [9.17, 15) is 4.79 Å². The number of carbonyl (C=O) groups excluding carboxylic acids is 1. The molecule has 1 aromatic heterocycles. The molecular formula is C22H26N4OS2. The Morgan fingerprint density at radius 1 is 1.03 bits per heavy atom. The van der Waals surface area contributed by atoms with Crippen molar-refractivity contribution in [1.82, 2.24) is 14.8 Å². The van der Waals surface area contributed by atoms with Gasteiger partial charge in [-0.25, -0.2) is 0 Å². The number of amides is 1. The fraction of sp³-hybridized carbons (Fsp3) is 0.318. The second-order valence-corrected chi connectivity index (χ2v) is 8.70. The molecule has 0 aliphatic carbocycles. The molecule has 0 fully saturated rings. The maximum atomic E-state index is 12.3. The predicted octanol–water partition coefficient (Wildman–Crippen LogP) is 5.08. The number of hydrogen-bond donors (Lipinski definition) is 1. The van der Waals surface area contributed by atoms with Crippen molar-refractivity contribution in [3.8, 4) is 0 Å². The molecule has 7 heteroatoms. The Morgan fingerprint density at radius 2 is 1.79 bits per heavy atom. The summed E-state index contributed by atoms with van der Waals surface area (Å²) < 4.78 is 2.09. The summed E-state index contributed by atoms with van der Waals surface area (Å²) in [5.41, 5.74) is 4.49.